The molecule has 5 atom stereocenters. The van der Waals surface area contributed by atoms with Crippen LogP contribution in [0, 0.1) is 23.7 Å². The number of hydrogen-bond donors (Lipinski definition) is 0. The molecule has 2 aliphatic carbocycles. The monoisotopic (exact) mass is 605 g/mol. The standard InChI is InChI=1S/C35H27NO7S/c37-28(21-11-13-25(14-12-21)43-35(41)29-10-5-15-44-29)19-42-34(40)22-8-4-9-24(16-22)36-32(38)30-23-17-26(20-6-2-1-3-7-20)27(18-23)31(30)33(36)39/h1-16,23,26-27,30-31H,17-19H2/t23-,26-,27-,30+,31+/m0/s1. The first-order chi connectivity index (χ1) is 21.4. The van der Waals surface area contributed by atoms with Crippen molar-refractivity contribution in [2.45, 2.75) is 18.8 Å². The number of hydrogen-bond acceptors (Lipinski definition) is 8. The number of rotatable bonds is 8. The Morgan fingerprint density at radius 1 is 0.773 bits per heavy atom. The van der Waals surface area contributed by atoms with Crippen LogP contribution >= 0.6 is 11.3 Å². The second-order valence-electron chi connectivity index (χ2n) is 11.4. The molecule has 2 saturated carbocycles. The van der Waals surface area contributed by atoms with Gasteiger partial charge in [0.1, 0.15) is 10.6 Å². The number of anilines is 1. The lowest BCUT2D eigenvalue weighted by Gasteiger charge is -2.28. The van der Waals surface area contributed by atoms with Gasteiger partial charge in [0, 0.05) is 5.56 Å². The second kappa shape index (κ2) is 11.3. The van der Waals surface area contributed by atoms with Crippen LogP contribution in [0.5, 0.6) is 5.75 Å². The van der Waals surface area contributed by atoms with Gasteiger partial charge in [-0.1, -0.05) is 42.5 Å². The van der Waals surface area contributed by atoms with E-state index >= 15 is 0 Å². The van der Waals surface area contributed by atoms with Gasteiger partial charge in [0.15, 0.2) is 12.4 Å². The molecule has 7 rings (SSSR count). The number of carbonyl (C=O) groups is 5. The third-order valence-corrected chi connectivity index (χ3v) is 9.88. The molecule has 1 aromatic heterocycles. The van der Waals surface area contributed by atoms with Gasteiger partial charge in [-0.3, -0.25) is 19.3 Å². The summed E-state index contributed by atoms with van der Waals surface area (Å²) in [5.74, 6) is -1.94. The van der Waals surface area contributed by atoms with Crippen LogP contribution in [0.3, 0.4) is 0 Å². The summed E-state index contributed by atoms with van der Waals surface area (Å²) < 4.78 is 10.6. The number of Topliss-reactive ketones (excluding diaryl/α,β-unsaturated/α-hetero) is 1. The van der Waals surface area contributed by atoms with Gasteiger partial charge < -0.3 is 9.47 Å². The van der Waals surface area contributed by atoms with Crippen molar-refractivity contribution in [2.75, 3.05) is 11.5 Å². The number of benzene rings is 3. The maximum atomic E-state index is 13.7. The van der Waals surface area contributed by atoms with E-state index in [1.807, 2.05) is 18.2 Å². The average molecular weight is 606 g/mol. The normalized spacial score (nSPS) is 23.5. The van der Waals surface area contributed by atoms with Gasteiger partial charge in [-0.2, -0.15) is 0 Å². The van der Waals surface area contributed by atoms with E-state index in [4.69, 9.17) is 9.47 Å². The van der Waals surface area contributed by atoms with Crippen molar-refractivity contribution in [1.82, 2.24) is 0 Å². The first kappa shape index (κ1) is 27.9. The number of ketones is 1. The molecule has 2 amide bonds. The van der Waals surface area contributed by atoms with Crippen molar-refractivity contribution in [1.29, 1.82) is 0 Å². The first-order valence-corrected chi connectivity index (χ1v) is 15.4. The zero-order valence-corrected chi connectivity index (χ0v) is 24.3. The Morgan fingerprint density at radius 2 is 1.55 bits per heavy atom. The first-order valence-electron chi connectivity index (χ1n) is 14.5. The molecular formula is C35H27NO7S. The number of carbonyl (C=O) groups excluding carboxylic acids is 5. The molecule has 9 heteroatoms. The minimum absolute atomic E-state index is 0.120. The minimum Gasteiger partial charge on any atom is -0.454 e. The fourth-order valence-electron chi connectivity index (χ4n) is 7.13. The Kier molecular flexibility index (Phi) is 7.18. The fourth-order valence-corrected chi connectivity index (χ4v) is 7.73. The molecule has 2 bridgehead atoms. The SMILES string of the molecule is O=C(COC(=O)c1cccc(N2C(=O)[C@@H]3[C@@H]4C[C@H]([C@H]3C2=O)[C@H](c2ccccc2)C4)c1)c1ccc(OC(=O)c2cccs2)cc1. The van der Waals surface area contributed by atoms with E-state index in [9.17, 15) is 24.0 Å². The molecule has 44 heavy (non-hydrogen) atoms. The lowest BCUT2D eigenvalue weighted by molar-refractivity contribution is -0.123. The van der Waals surface area contributed by atoms with Gasteiger partial charge in [0.05, 0.1) is 23.1 Å². The third kappa shape index (κ3) is 4.93. The minimum atomic E-state index is -0.745. The lowest BCUT2D eigenvalue weighted by Crippen LogP contribution is -2.33. The lowest BCUT2D eigenvalue weighted by atomic mass is 9.73. The molecule has 1 aliphatic heterocycles. The van der Waals surface area contributed by atoms with Crippen molar-refractivity contribution < 1.29 is 33.4 Å². The number of amides is 2. The van der Waals surface area contributed by atoms with Gasteiger partial charge in [-0.15, -0.1) is 11.3 Å². The summed E-state index contributed by atoms with van der Waals surface area (Å²) in [7, 11) is 0. The van der Waals surface area contributed by atoms with Crippen LogP contribution < -0.4 is 9.64 Å². The van der Waals surface area contributed by atoms with E-state index in [-0.39, 0.29) is 58.3 Å². The molecule has 3 aromatic carbocycles. The van der Waals surface area contributed by atoms with Crippen molar-refractivity contribution in [2.24, 2.45) is 23.7 Å². The summed E-state index contributed by atoms with van der Waals surface area (Å²) in [4.78, 5) is 66.6. The molecule has 0 spiro atoms. The number of thiophene rings is 1. The van der Waals surface area contributed by atoms with Gasteiger partial charge in [0.25, 0.3) is 0 Å². The van der Waals surface area contributed by atoms with E-state index < -0.39 is 24.3 Å². The van der Waals surface area contributed by atoms with Gasteiger partial charge in [0.2, 0.25) is 11.8 Å². The zero-order valence-electron chi connectivity index (χ0n) is 23.5. The van der Waals surface area contributed by atoms with Crippen molar-refractivity contribution in [3.8, 4) is 5.75 Å². The number of esters is 2. The van der Waals surface area contributed by atoms with Crippen LogP contribution in [0.25, 0.3) is 0 Å². The Bertz CT molecular complexity index is 1770. The highest BCUT2D eigenvalue weighted by molar-refractivity contribution is 7.12. The quantitative estimate of drug-likeness (QED) is 0.106. The van der Waals surface area contributed by atoms with Crippen molar-refractivity contribution >= 4 is 46.6 Å². The summed E-state index contributed by atoms with van der Waals surface area (Å²) >= 11 is 1.27. The number of nitrogens with zero attached hydrogens (tertiary/aromatic N) is 1. The molecule has 4 aromatic rings. The van der Waals surface area contributed by atoms with Crippen LogP contribution in [-0.4, -0.2) is 36.1 Å². The predicted molar refractivity (Wildman–Crippen MR) is 162 cm³/mol. The predicted octanol–water partition coefficient (Wildman–Crippen LogP) is 5.94. The number of fused-ring (bicyclic) bond motifs is 5. The smallest absolute Gasteiger partial charge is 0.353 e. The highest BCUT2D eigenvalue weighted by atomic mass is 32.1. The molecule has 0 radical (unpaired) electrons. The molecule has 2 heterocycles. The highest BCUT2D eigenvalue weighted by Crippen LogP contribution is 2.61. The van der Waals surface area contributed by atoms with Crippen molar-refractivity contribution in [3.63, 3.8) is 0 Å². The average Bonchev–Trinajstić information content (AvgIpc) is 3.85. The highest BCUT2D eigenvalue weighted by Gasteiger charge is 2.64. The van der Waals surface area contributed by atoms with E-state index in [1.54, 1.807) is 29.6 Å². The molecule has 0 N–H and O–H groups in total. The summed E-state index contributed by atoms with van der Waals surface area (Å²) in [6.45, 7) is -0.507. The second-order valence-corrected chi connectivity index (χ2v) is 12.4. The molecule has 3 aliphatic rings. The van der Waals surface area contributed by atoms with Crippen LogP contribution in [-0.2, 0) is 14.3 Å². The van der Waals surface area contributed by atoms with Gasteiger partial charge >= 0.3 is 11.9 Å². The largest absolute Gasteiger partial charge is 0.454 e. The summed E-state index contributed by atoms with van der Waals surface area (Å²) in [5, 5.41) is 1.77. The summed E-state index contributed by atoms with van der Waals surface area (Å²) in [5.41, 5.74) is 1.96. The van der Waals surface area contributed by atoms with Crippen LogP contribution in [0.1, 0.15) is 54.7 Å². The zero-order chi connectivity index (χ0) is 30.4. The molecule has 220 valence electrons. The molecule has 1 saturated heterocycles. The summed E-state index contributed by atoms with van der Waals surface area (Å²) in [6.07, 6.45) is 1.77. The van der Waals surface area contributed by atoms with E-state index in [0.29, 0.717) is 10.6 Å². The molecule has 3 fully saturated rings. The van der Waals surface area contributed by atoms with Gasteiger partial charge in [-0.05, 0) is 90.1 Å². The van der Waals surface area contributed by atoms with Crippen LogP contribution in [0.2, 0.25) is 0 Å². The van der Waals surface area contributed by atoms with E-state index in [1.165, 1.54) is 58.2 Å². The Labute approximate surface area is 257 Å². The van der Waals surface area contributed by atoms with Crippen LogP contribution in [0.4, 0.5) is 5.69 Å². The van der Waals surface area contributed by atoms with Crippen molar-refractivity contribution in [3.05, 3.63) is 118 Å². The molecule has 8 nitrogen and oxygen atoms in total. The van der Waals surface area contributed by atoms with Crippen LogP contribution in [0.15, 0.2) is 96.4 Å². The molecular weight excluding hydrogens is 578 g/mol. The van der Waals surface area contributed by atoms with E-state index in [0.717, 1.165) is 12.8 Å². The third-order valence-electron chi connectivity index (χ3n) is 9.03. The molecule has 0 unspecified atom stereocenters. The Hall–Kier alpha value is -4.89. The summed E-state index contributed by atoms with van der Waals surface area (Å²) in [6, 6.07) is 25.8. The fraction of sp³-hybridized carbons (Fsp3) is 0.229. The number of imide groups is 1. The van der Waals surface area contributed by atoms with Gasteiger partial charge in [-0.25, -0.2) is 9.59 Å². The maximum absolute atomic E-state index is 13.7. The van der Waals surface area contributed by atoms with E-state index in [2.05, 4.69) is 12.1 Å². The Balaban J connectivity index is 0.991. The maximum Gasteiger partial charge on any atom is 0.353 e. The number of ether oxygens (including phenoxy) is 2. The Morgan fingerprint density at radius 3 is 2.30 bits per heavy atom. The topological polar surface area (TPSA) is 107 Å².